The van der Waals surface area contributed by atoms with Gasteiger partial charge in [0, 0.05) is 19.4 Å². The lowest BCUT2D eigenvalue weighted by atomic mass is 9.89. The van der Waals surface area contributed by atoms with E-state index in [0.29, 0.717) is 25.4 Å². The van der Waals surface area contributed by atoms with Crippen molar-refractivity contribution in [2.45, 2.75) is 32.1 Å². The average Bonchev–Trinajstić information content (AvgIpc) is 2.08. The number of ketones is 1. The Morgan fingerprint density at radius 2 is 2.00 bits per heavy atom. The summed E-state index contributed by atoms with van der Waals surface area (Å²) in [6, 6.07) is 0. The number of carbonyl (C=O) groups is 1. The van der Waals surface area contributed by atoms with Gasteiger partial charge in [0.1, 0.15) is 12.4 Å². The van der Waals surface area contributed by atoms with Crippen molar-refractivity contribution >= 4 is 5.78 Å². The molecule has 1 rings (SSSR count). The fraction of sp³-hybridized carbons (Fsp3) is 0.889. The van der Waals surface area contributed by atoms with Crippen LogP contribution in [-0.4, -0.2) is 25.4 Å². The van der Waals surface area contributed by atoms with Gasteiger partial charge >= 0.3 is 0 Å². The maximum atomic E-state index is 11.7. The van der Waals surface area contributed by atoms with Crippen LogP contribution in [0.1, 0.15) is 25.7 Å². The molecule has 0 amide bonds. The van der Waals surface area contributed by atoms with Crippen LogP contribution in [0.5, 0.6) is 0 Å². The van der Waals surface area contributed by atoms with Crippen molar-refractivity contribution in [2.75, 3.05) is 13.2 Å². The number of ether oxygens (including phenoxy) is 1. The summed E-state index contributed by atoms with van der Waals surface area (Å²) in [7, 11) is 0. The van der Waals surface area contributed by atoms with Gasteiger partial charge in [-0.25, -0.2) is 8.78 Å². The molecule has 1 fully saturated rings. The number of Topliss-reactive ketones (excluding diaryl/α,β-unsaturated/α-hetero) is 1. The van der Waals surface area contributed by atoms with E-state index in [2.05, 4.69) is 0 Å². The molecular weight excluding hydrogens is 178 g/mol. The second kappa shape index (κ2) is 5.27. The zero-order chi connectivity index (χ0) is 9.68. The van der Waals surface area contributed by atoms with Crippen molar-refractivity contribution in [2.24, 2.45) is 5.92 Å². The molecule has 76 valence electrons. The Labute approximate surface area is 76.3 Å². The molecule has 1 saturated carbocycles. The molecule has 1 aliphatic carbocycles. The van der Waals surface area contributed by atoms with Crippen LogP contribution < -0.4 is 0 Å². The van der Waals surface area contributed by atoms with Gasteiger partial charge in [0.25, 0.3) is 6.43 Å². The highest BCUT2D eigenvalue weighted by Crippen LogP contribution is 2.21. The maximum Gasteiger partial charge on any atom is 0.261 e. The van der Waals surface area contributed by atoms with Gasteiger partial charge in [0.2, 0.25) is 0 Å². The zero-order valence-corrected chi connectivity index (χ0v) is 7.47. The highest BCUT2D eigenvalue weighted by Gasteiger charge is 2.18. The lowest BCUT2D eigenvalue weighted by Crippen LogP contribution is -2.19. The molecule has 0 radical (unpaired) electrons. The molecule has 0 aromatic rings. The maximum absolute atomic E-state index is 11.7. The first-order valence-electron chi connectivity index (χ1n) is 4.56. The van der Waals surface area contributed by atoms with E-state index in [9.17, 15) is 13.6 Å². The summed E-state index contributed by atoms with van der Waals surface area (Å²) < 4.78 is 28.2. The van der Waals surface area contributed by atoms with E-state index in [1.54, 1.807) is 0 Å². The highest BCUT2D eigenvalue weighted by atomic mass is 19.3. The lowest BCUT2D eigenvalue weighted by Gasteiger charge is -2.20. The number of alkyl halides is 2. The second-order valence-corrected chi connectivity index (χ2v) is 3.41. The summed E-state index contributed by atoms with van der Waals surface area (Å²) in [5.74, 6) is 0.585. The largest absolute Gasteiger partial charge is 0.375 e. The van der Waals surface area contributed by atoms with Crippen molar-refractivity contribution in [3.63, 3.8) is 0 Å². The number of hydrogen-bond donors (Lipinski definition) is 0. The summed E-state index contributed by atoms with van der Waals surface area (Å²) in [6.45, 7) is -0.109. The molecule has 2 nitrogen and oxygen atoms in total. The Morgan fingerprint density at radius 3 is 2.54 bits per heavy atom. The van der Waals surface area contributed by atoms with Crippen LogP contribution in [0.2, 0.25) is 0 Å². The van der Waals surface area contributed by atoms with E-state index in [4.69, 9.17) is 4.74 Å². The van der Waals surface area contributed by atoms with E-state index < -0.39 is 13.0 Å². The molecule has 0 N–H and O–H groups in total. The fourth-order valence-electron chi connectivity index (χ4n) is 1.49. The van der Waals surface area contributed by atoms with Gasteiger partial charge < -0.3 is 4.74 Å². The summed E-state index contributed by atoms with van der Waals surface area (Å²) in [6.07, 6.45) is 0.375. The molecule has 0 aromatic heterocycles. The van der Waals surface area contributed by atoms with Crippen molar-refractivity contribution in [1.82, 2.24) is 0 Å². The first-order valence-corrected chi connectivity index (χ1v) is 4.56. The van der Waals surface area contributed by atoms with Gasteiger partial charge in [-0.1, -0.05) is 0 Å². The molecule has 0 aliphatic heterocycles. The topological polar surface area (TPSA) is 26.3 Å². The van der Waals surface area contributed by atoms with E-state index >= 15 is 0 Å². The third kappa shape index (κ3) is 4.31. The van der Waals surface area contributed by atoms with Crippen molar-refractivity contribution in [3.05, 3.63) is 0 Å². The molecule has 0 saturated heterocycles. The Morgan fingerprint density at radius 1 is 1.38 bits per heavy atom. The summed E-state index contributed by atoms with van der Waals surface area (Å²) in [5.41, 5.74) is 0. The first kappa shape index (κ1) is 10.6. The van der Waals surface area contributed by atoms with Crippen LogP contribution in [0, 0.1) is 5.92 Å². The third-order valence-electron chi connectivity index (χ3n) is 2.26. The van der Waals surface area contributed by atoms with Crippen LogP contribution in [0.25, 0.3) is 0 Å². The monoisotopic (exact) mass is 192 g/mol. The number of halogens is 2. The van der Waals surface area contributed by atoms with Gasteiger partial charge in [-0.2, -0.15) is 0 Å². The predicted octanol–water partition coefficient (Wildman–Crippen LogP) is 2.03. The molecule has 4 heteroatoms. The van der Waals surface area contributed by atoms with Crippen molar-refractivity contribution in [1.29, 1.82) is 0 Å². The number of rotatable bonds is 4. The zero-order valence-electron chi connectivity index (χ0n) is 7.47. The normalized spacial score (nSPS) is 19.8. The molecule has 0 aromatic carbocycles. The van der Waals surface area contributed by atoms with Gasteiger partial charge in [-0.05, 0) is 18.8 Å². The molecule has 0 unspecified atom stereocenters. The summed E-state index contributed by atoms with van der Waals surface area (Å²) >= 11 is 0. The van der Waals surface area contributed by atoms with Gasteiger partial charge in [-0.3, -0.25) is 4.79 Å². The smallest absolute Gasteiger partial charge is 0.261 e. The molecule has 1 aliphatic rings. The van der Waals surface area contributed by atoms with E-state index in [1.165, 1.54) is 0 Å². The Bertz CT molecular complexity index is 161. The minimum absolute atomic E-state index is 0.283. The fourth-order valence-corrected chi connectivity index (χ4v) is 1.49. The van der Waals surface area contributed by atoms with Gasteiger partial charge in [0.05, 0.1) is 0 Å². The highest BCUT2D eigenvalue weighted by molar-refractivity contribution is 5.78. The molecule has 0 spiro atoms. The summed E-state index contributed by atoms with van der Waals surface area (Å²) in [4.78, 5) is 10.8. The van der Waals surface area contributed by atoms with E-state index in [1.807, 2.05) is 0 Å². The third-order valence-corrected chi connectivity index (χ3v) is 2.26. The summed E-state index contributed by atoms with van der Waals surface area (Å²) in [5, 5.41) is 0. The second-order valence-electron chi connectivity index (χ2n) is 3.41. The standard InChI is InChI=1S/C9H14F2O2/c10-9(11)6-13-5-7-1-3-8(12)4-2-7/h7,9H,1-6H2. The Hall–Kier alpha value is -0.510. The van der Waals surface area contributed by atoms with E-state index in [-0.39, 0.29) is 5.78 Å². The number of carbonyl (C=O) groups excluding carboxylic acids is 1. The van der Waals surface area contributed by atoms with Crippen LogP contribution in [0.3, 0.4) is 0 Å². The van der Waals surface area contributed by atoms with Crippen molar-refractivity contribution < 1.29 is 18.3 Å². The minimum atomic E-state index is -2.38. The predicted molar refractivity (Wildman–Crippen MR) is 43.8 cm³/mol. The van der Waals surface area contributed by atoms with E-state index in [0.717, 1.165) is 12.8 Å². The van der Waals surface area contributed by atoms with Crippen LogP contribution in [-0.2, 0) is 9.53 Å². The Balaban J connectivity index is 2.05. The first-order chi connectivity index (χ1) is 6.18. The molecular formula is C9H14F2O2. The lowest BCUT2D eigenvalue weighted by molar-refractivity contribution is -0.121. The molecule has 0 bridgehead atoms. The van der Waals surface area contributed by atoms with Crippen LogP contribution in [0.15, 0.2) is 0 Å². The SMILES string of the molecule is O=C1CCC(COCC(F)F)CC1. The Kier molecular flexibility index (Phi) is 4.28. The molecule has 0 atom stereocenters. The average molecular weight is 192 g/mol. The van der Waals surface area contributed by atoms with Gasteiger partial charge in [-0.15, -0.1) is 0 Å². The minimum Gasteiger partial charge on any atom is -0.375 e. The molecule has 0 heterocycles. The quantitative estimate of drug-likeness (QED) is 0.681. The molecule has 13 heavy (non-hydrogen) atoms. The van der Waals surface area contributed by atoms with Crippen LogP contribution >= 0.6 is 0 Å². The van der Waals surface area contributed by atoms with Gasteiger partial charge in [0.15, 0.2) is 0 Å². The van der Waals surface area contributed by atoms with Crippen molar-refractivity contribution in [3.8, 4) is 0 Å². The number of hydrogen-bond acceptors (Lipinski definition) is 2. The van der Waals surface area contributed by atoms with Crippen LogP contribution in [0.4, 0.5) is 8.78 Å².